The average Bonchev–Trinajstić information content (AvgIpc) is 2.84. The number of carbonyl (C=O) groups excluding carboxylic acids is 3. The summed E-state index contributed by atoms with van der Waals surface area (Å²) in [6, 6.07) is 6.98. The van der Waals surface area contributed by atoms with Gasteiger partial charge < -0.3 is 15.0 Å². The summed E-state index contributed by atoms with van der Waals surface area (Å²) in [7, 11) is 3.05. The molecule has 0 spiro atoms. The number of imide groups is 1. The summed E-state index contributed by atoms with van der Waals surface area (Å²) in [6.07, 6.45) is 0. The van der Waals surface area contributed by atoms with Gasteiger partial charge >= 0.3 is 6.03 Å². The Balaban J connectivity index is 2.06. The number of hydrogen-bond donors (Lipinski definition) is 2. The van der Waals surface area contributed by atoms with Crippen LogP contribution in [-0.4, -0.2) is 48.0 Å². The highest BCUT2D eigenvalue weighted by molar-refractivity contribution is 8.00. The molecule has 8 heteroatoms. The van der Waals surface area contributed by atoms with Crippen molar-refractivity contribution in [1.82, 2.24) is 15.5 Å². The fraction of sp³-hybridized carbons (Fsp3) is 0.389. The smallest absolute Gasteiger partial charge is 0.321 e. The van der Waals surface area contributed by atoms with Crippen molar-refractivity contribution in [3.05, 3.63) is 41.0 Å². The molecule has 1 aliphatic heterocycles. The SMILES string of the molecule is CNC(=O)NC(=O)CSC1C(C)=C(C)C(=O)N1Cc1ccc(OC)cc1. The van der Waals surface area contributed by atoms with Crippen molar-refractivity contribution in [2.75, 3.05) is 19.9 Å². The Morgan fingerprint density at radius 1 is 1.23 bits per heavy atom. The van der Waals surface area contributed by atoms with Crippen LogP contribution >= 0.6 is 11.8 Å². The molecule has 1 unspecified atom stereocenters. The molecule has 2 N–H and O–H groups in total. The highest BCUT2D eigenvalue weighted by atomic mass is 32.2. The Bertz CT molecular complexity index is 730. The Hall–Kier alpha value is -2.48. The lowest BCUT2D eigenvalue weighted by Crippen LogP contribution is -2.39. The average molecular weight is 377 g/mol. The maximum atomic E-state index is 12.6. The third-order valence-corrected chi connectivity index (χ3v) is 5.54. The summed E-state index contributed by atoms with van der Waals surface area (Å²) in [4.78, 5) is 37.4. The zero-order chi connectivity index (χ0) is 19.3. The number of benzene rings is 1. The van der Waals surface area contributed by atoms with Gasteiger partial charge in [-0.1, -0.05) is 12.1 Å². The first-order valence-electron chi connectivity index (χ1n) is 8.11. The van der Waals surface area contributed by atoms with E-state index in [1.54, 1.807) is 18.9 Å². The van der Waals surface area contributed by atoms with E-state index in [4.69, 9.17) is 4.74 Å². The van der Waals surface area contributed by atoms with E-state index >= 15 is 0 Å². The fourth-order valence-electron chi connectivity index (χ4n) is 2.59. The van der Waals surface area contributed by atoms with Gasteiger partial charge in [0.05, 0.1) is 12.9 Å². The molecule has 0 fully saturated rings. The van der Waals surface area contributed by atoms with Gasteiger partial charge in [0, 0.05) is 19.2 Å². The zero-order valence-electron chi connectivity index (χ0n) is 15.3. The quantitative estimate of drug-likeness (QED) is 0.790. The van der Waals surface area contributed by atoms with Crippen LogP contribution < -0.4 is 15.4 Å². The van der Waals surface area contributed by atoms with Crippen LogP contribution in [0, 0.1) is 0 Å². The largest absolute Gasteiger partial charge is 0.497 e. The molecule has 7 nitrogen and oxygen atoms in total. The first kappa shape index (κ1) is 19.8. The molecule has 1 atom stereocenters. The normalized spacial score (nSPS) is 16.7. The predicted octanol–water partition coefficient (Wildman–Crippen LogP) is 1.89. The summed E-state index contributed by atoms with van der Waals surface area (Å²) < 4.78 is 5.15. The molecule has 2 rings (SSSR count). The van der Waals surface area contributed by atoms with Crippen LogP contribution in [-0.2, 0) is 16.1 Å². The number of nitrogens with one attached hydrogen (secondary N) is 2. The summed E-state index contributed by atoms with van der Waals surface area (Å²) in [5, 5.41) is 4.32. The van der Waals surface area contributed by atoms with Crippen LogP contribution in [0.3, 0.4) is 0 Å². The highest BCUT2D eigenvalue weighted by Crippen LogP contribution is 2.34. The second kappa shape index (κ2) is 8.75. The summed E-state index contributed by atoms with van der Waals surface area (Å²) in [5.41, 5.74) is 2.60. The third kappa shape index (κ3) is 4.57. The molecule has 0 radical (unpaired) electrons. The number of thioether (sulfide) groups is 1. The molecule has 1 aromatic carbocycles. The van der Waals surface area contributed by atoms with Crippen molar-refractivity contribution >= 4 is 29.6 Å². The number of methoxy groups -OCH3 is 1. The molecule has 4 amide bonds. The molecule has 1 aromatic rings. The number of amides is 4. The van der Waals surface area contributed by atoms with E-state index < -0.39 is 11.9 Å². The van der Waals surface area contributed by atoms with Gasteiger partial charge in [0.2, 0.25) is 5.91 Å². The number of urea groups is 1. The maximum Gasteiger partial charge on any atom is 0.321 e. The van der Waals surface area contributed by atoms with Crippen molar-refractivity contribution in [3.63, 3.8) is 0 Å². The minimum absolute atomic E-state index is 0.0393. The lowest BCUT2D eigenvalue weighted by molar-refractivity contribution is -0.126. The van der Waals surface area contributed by atoms with E-state index in [-0.39, 0.29) is 17.0 Å². The molecule has 1 aliphatic rings. The van der Waals surface area contributed by atoms with E-state index in [0.29, 0.717) is 12.1 Å². The minimum atomic E-state index is -0.545. The second-order valence-corrected chi connectivity index (χ2v) is 6.95. The van der Waals surface area contributed by atoms with Crippen molar-refractivity contribution in [3.8, 4) is 5.75 Å². The number of hydrogen-bond acceptors (Lipinski definition) is 5. The van der Waals surface area contributed by atoms with Gasteiger partial charge in [-0.15, -0.1) is 11.8 Å². The second-order valence-electron chi connectivity index (χ2n) is 5.88. The molecule has 140 valence electrons. The minimum Gasteiger partial charge on any atom is -0.497 e. The maximum absolute atomic E-state index is 12.6. The number of rotatable bonds is 6. The monoisotopic (exact) mass is 377 g/mol. The van der Waals surface area contributed by atoms with E-state index in [1.165, 1.54) is 18.8 Å². The molecule has 0 aromatic heterocycles. The Morgan fingerprint density at radius 3 is 2.46 bits per heavy atom. The standard InChI is InChI=1S/C18H23N3O4S/c1-11-12(2)17(26-10-15(22)20-18(24)19-3)21(16(11)23)9-13-5-7-14(25-4)8-6-13/h5-8,17H,9-10H2,1-4H3,(H2,19,20,22,24). The molecule has 1 heterocycles. The first-order valence-corrected chi connectivity index (χ1v) is 9.16. The first-order chi connectivity index (χ1) is 12.4. The molecular weight excluding hydrogens is 354 g/mol. The van der Waals surface area contributed by atoms with Gasteiger partial charge in [0.25, 0.3) is 5.91 Å². The summed E-state index contributed by atoms with van der Waals surface area (Å²) >= 11 is 1.33. The molecule has 0 saturated heterocycles. The third-order valence-electron chi connectivity index (χ3n) is 4.19. The van der Waals surface area contributed by atoms with Crippen LogP contribution in [0.2, 0.25) is 0 Å². The molecule has 26 heavy (non-hydrogen) atoms. The summed E-state index contributed by atoms with van der Waals surface area (Å²) in [6.45, 7) is 4.13. The van der Waals surface area contributed by atoms with Gasteiger partial charge in [-0.2, -0.15) is 0 Å². The van der Waals surface area contributed by atoms with Gasteiger partial charge in [0.15, 0.2) is 0 Å². The van der Waals surface area contributed by atoms with Crippen LogP contribution in [0.4, 0.5) is 4.79 Å². The molecule has 0 aliphatic carbocycles. The van der Waals surface area contributed by atoms with Gasteiger partial charge in [-0.25, -0.2) is 4.79 Å². The van der Waals surface area contributed by atoms with Crippen LogP contribution in [0.5, 0.6) is 5.75 Å². The lowest BCUT2D eigenvalue weighted by atomic mass is 10.2. The van der Waals surface area contributed by atoms with Gasteiger partial charge in [0.1, 0.15) is 11.1 Å². The van der Waals surface area contributed by atoms with E-state index in [9.17, 15) is 14.4 Å². The Morgan fingerprint density at radius 2 is 1.88 bits per heavy atom. The van der Waals surface area contributed by atoms with Crippen molar-refractivity contribution in [1.29, 1.82) is 0 Å². The number of carbonyl (C=O) groups is 3. The van der Waals surface area contributed by atoms with E-state index in [1.807, 2.05) is 31.2 Å². The Kier molecular flexibility index (Phi) is 6.68. The van der Waals surface area contributed by atoms with Crippen LogP contribution in [0.15, 0.2) is 35.4 Å². The van der Waals surface area contributed by atoms with Crippen LogP contribution in [0.1, 0.15) is 19.4 Å². The fourth-order valence-corrected chi connectivity index (χ4v) is 3.75. The topological polar surface area (TPSA) is 87.7 Å². The summed E-state index contributed by atoms with van der Waals surface area (Å²) in [5.74, 6) is 0.393. The number of ether oxygens (including phenoxy) is 1. The van der Waals surface area contributed by atoms with Gasteiger partial charge in [-0.3, -0.25) is 14.9 Å². The lowest BCUT2D eigenvalue weighted by Gasteiger charge is -2.26. The number of nitrogens with zero attached hydrogens (tertiary/aromatic N) is 1. The van der Waals surface area contributed by atoms with Gasteiger partial charge in [-0.05, 0) is 37.1 Å². The van der Waals surface area contributed by atoms with Crippen molar-refractivity contribution in [2.24, 2.45) is 0 Å². The molecule has 0 saturated carbocycles. The van der Waals surface area contributed by atoms with Crippen molar-refractivity contribution < 1.29 is 19.1 Å². The molecule has 0 bridgehead atoms. The van der Waals surface area contributed by atoms with Crippen LogP contribution in [0.25, 0.3) is 0 Å². The van der Waals surface area contributed by atoms with E-state index in [0.717, 1.165) is 16.9 Å². The molecular formula is C18H23N3O4S. The Labute approximate surface area is 157 Å². The highest BCUT2D eigenvalue weighted by Gasteiger charge is 2.35. The predicted molar refractivity (Wildman–Crippen MR) is 101 cm³/mol. The zero-order valence-corrected chi connectivity index (χ0v) is 16.1. The van der Waals surface area contributed by atoms with E-state index in [2.05, 4.69) is 10.6 Å². The van der Waals surface area contributed by atoms with Crippen molar-refractivity contribution in [2.45, 2.75) is 25.8 Å².